The standard InChI is InChI=1S/C44H39N3O6/c1-29(2)4-5-31-20-33(26-40(24-31)37-8-14-43(15-9-37)46(50)51)22-35-23-34(27-41(28-35)38-10-16-44(17-11-38)47(52)53)21-32-18-30(3)19-39(25-32)36-6-12-42(13-7-36)45(48)49/h6-20,23-29H,4-5,21-22H2,1-3H3/i5D2,21D2,22D2. The predicted octanol–water partition coefficient (Wildman–Crippen LogP) is 11.5. The fourth-order valence-electron chi connectivity index (χ4n) is 5.91. The molecule has 0 N–H and O–H groups in total. The van der Waals surface area contributed by atoms with E-state index in [1.54, 1.807) is 55.5 Å². The van der Waals surface area contributed by atoms with Gasteiger partial charge in [-0.3, -0.25) is 30.3 Å². The van der Waals surface area contributed by atoms with Crippen LogP contribution in [0.2, 0.25) is 0 Å². The first-order valence-corrected chi connectivity index (χ1v) is 16.8. The molecule has 0 fully saturated rings. The van der Waals surface area contributed by atoms with Crippen molar-refractivity contribution in [2.45, 2.75) is 46.3 Å². The van der Waals surface area contributed by atoms with Gasteiger partial charge in [-0.25, -0.2) is 0 Å². The molecule has 0 saturated heterocycles. The Kier molecular flexibility index (Phi) is 8.70. The molecular weight excluding hydrogens is 666 g/mol. The molecule has 0 spiro atoms. The summed E-state index contributed by atoms with van der Waals surface area (Å²) in [4.78, 5) is 32.6. The first-order valence-electron chi connectivity index (χ1n) is 19.8. The molecular formula is C44H39N3O6. The van der Waals surface area contributed by atoms with Gasteiger partial charge in [0.2, 0.25) is 0 Å². The molecule has 0 unspecified atom stereocenters. The summed E-state index contributed by atoms with van der Waals surface area (Å²) >= 11 is 0. The molecule has 6 rings (SSSR count). The predicted molar refractivity (Wildman–Crippen MR) is 209 cm³/mol. The third-order valence-corrected chi connectivity index (χ3v) is 8.47. The van der Waals surface area contributed by atoms with Crippen LogP contribution >= 0.6 is 0 Å². The Morgan fingerprint density at radius 1 is 0.472 bits per heavy atom. The van der Waals surface area contributed by atoms with E-state index in [-0.39, 0.29) is 57.2 Å². The zero-order chi connectivity index (χ0) is 43.0. The zero-order valence-corrected chi connectivity index (χ0v) is 29.2. The van der Waals surface area contributed by atoms with E-state index in [9.17, 15) is 35.8 Å². The highest BCUT2D eigenvalue weighted by atomic mass is 16.6. The molecule has 0 heterocycles. The van der Waals surface area contributed by atoms with Crippen molar-refractivity contribution in [2.24, 2.45) is 5.92 Å². The lowest BCUT2D eigenvalue weighted by Crippen LogP contribution is -1.98. The van der Waals surface area contributed by atoms with E-state index in [1.807, 2.05) is 19.9 Å². The van der Waals surface area contributed by atoms with Crippen LogP contribution in [0, 0.1) is 43.2 Å². The SMILES string of the molecule is [2H]C([2H])(CC(C)C)c1cc(-c2ccc([N+](=O)[O-])cc2)cc(C([2H])([2H])c2cc(-c3ccc([N+](=O)[O-])cc3)cc(C([2H])([2H])c3cc(C)cc(-c4ccc([N+](=O)[O-])cc4)c3)c2)c1. The molecule has 0 aliphatic rings. The second-order valence-corrected chi connectivity index (χ2v) is 13.1. The Hall–Kier alpha value is -6.48. The van der Waals surface area contributed by atoms with Crippen molar-refractivity contribution in [3.63, 3.8) is 0 Å². The Labute approximate surface area is 316 Å². The van der Waals surface area contributed by atoms with E-state index >= 15 is 0 Å². The van der Waals surface area contributed by atoms with Gasteiger partial charge in [-0.2, -0.15) is 0 Å². The summed E-state index contributed by atoms with van der Waals surface area (Å²) in [5, 5.41) is 34.2. The van der Waals surface area contributed by atoms with Crippen molar-refractivity contribution in [3.05, 3.63) is 191 Å². The number of hydrogen-bond acceptors (Lipinski definition) is 6. The topological polar surface area (TPSA) is 129 Å². The maximum absolute atomic E-state index is 11.5. The zero-order valence-electron chi connectivity index (χ0n) is 35.2. The van der Waals surface area contributed by atoms with Gasteiger partial charge in [-0.05, 0) is 136 Å². The molecule has 0 aliphatic carbocycles. The summed E-state index contributed by atoms with van der Waals surface area (Å²) in [6.45, 7) is 5.54. The maximum atomic E-state index is 11.5. The Morgan fingerprint density at radius 3 is 1.15 bits per heavy atom. The number of rotatable bonds is 13. The maximum Gasteiger partial charge on any atom is 0.269 e. The lowest BCUT2D eigenvalue weighted by Gasteiger charge is -2.15. The van der Waals surface area contributed by atoms with Crippen LogP contribution in [0.3, 0.4) is 0 Å². The second kappa shape index (κ2) is 15.8. The minimum atomic E-state index is -2.39. The van der Waals surface area contributed by atoms with Gasteiger partial charge < -0.3 is 0 Å². The van der Waals surface area contributed by atoms with Gasteiger partial charge in [-0.1, -0.05) is 74.0 Å². The average Bonchev–Trinajstić information content (AvgIpc) is 3.19. The number of benzene rings is 6. The van der Waals surface area contributed by atoms with E-state index in [1.165, 1.54) is 72.8 Å². The minimum absolute atomic E-state index is 0.0201. The Morgan fingerprint density at radius 2 is 0.792 bits per heavy atom. The highest BCUT2D eigenvalue weighted by Gasteiger charge is 2.13. The molecule has 53 heavy (non-hydrogen) atoms. The molecule has 266 valence electrons. The molecule has 0 bridgehead atoms. The van der Waals surface area contributed by atoms with E-state index in [4.69, 9.17) is 2.74 Å². The molecule has 0 saturated carbocycles. The monoisotopic (exact) mass is 711 g/mol. The van der Waals surface area contributed by atoms with E-state index < -0.39 is 33.9 Å². The third-order valence-electron chi connectivity index (χ3n) is 8.47. The lowest BCUT2D eigenvalue weighted by atomic mass is 9.90. The van der Waals surface area contributed by atoms with Gasteiger partial charge >= 0.3 is 0 Å². The van der Waals surface area contributed by atoms with Gasteiger partial charge in [0.1, 0.15) is 0 Å². The van der Waals surface area contributed by atoms with Gasteiger partial charge in [0, 0.05) is 44.6 Å². The van der Waals surface area contributed by atoms with Crippen LogP contribution in [0.4, 0.5) is 17.1 Å². The summed E-state index contributed by atoms with van der Waals surface area (Å²) in [6, 6.07) is 31.5. The molecule has 0 aliphatic heterocycles. The smallest absolute Gasteiger partial charge is 0.258 e. The van der Waals surface area contributed by atoms with Crippen molar-refractivity contribution >= 4 is 17.1 Å². The summed E-state index contributed by atoms with van der Waals surface area (Å²) in [5.74, 6) is -0.0565. The van der Waals surface area contributed by atoms with Crippen molar-refractivity contribution in [1.29, 1.82) is 0 Å². The van der Waals surface area contributed by atoms with E-state index in [0.717, 1.165) is 0 Å². The molecule has 6 aromatic rings. The van der Waals surface area contributed by atoms with Crippen molar-refractivity contribution < 1.29 is 23.0 Å². The van der Waals surface area contributed by atoms with Gasteiger partial charge in [0.15, 0.2) is 0 Å². The minimum Gasteiger partial charge on any atom is -0.258 e. The highest BCUT2D eigenvalue weighted by molar-refractivity contribution is 5.70. The largest absolute Gasteiger partial charge is 0.269 e. The molecule has 0 radical (unpaired) electrons. The fraction of sp³-hybridized carbons (Fsp3) is 0.182. The van der Waals surface area contributed by atoms with Crippen LogP contribution in [0.1, 0.15) is 61.9 Å². The Balaban J connectivity index is 1.55. The summed E-state index contributed by atoms with van der Waals surface area (Å²) in [7, 11) is 0. The first kappa shape index (κ1) is 29.1. The molecule has 0 amide bonds. The molecule has 6 aromatic carbocycles. The van der Waals surface area contributed by atoms with Crippen LogP contribution in [0.25, 0.3) is 33.4 Å². The summed E-state index contributed by atoms with van der Waals surface area (Å²) in [6.07, 6.45) is -6.43. The number of hydrogen-bond donors (Lipinski definition) is 0. The van der Waals surface area contributed by atoms with Crippen LogP contribution in [-0.2, 0) is 19.1 Å². The normalized spacial score (nSPS) is 13.6. The molecule has 0 atom stereocenters. The highest BCUT2D eigenvalue weighted by Crippen LogP contribution is 2.31. The van der Waals surface area contributed by atoms with Crippen molar-refractivity contribution in [2.75, 3.05) is 0 Å². The quantitative estimate of drug-likeness (QED) is 0.0866. The number of aryl methyl sites for hydroxylation is 2. The summed E-state index contributed by atoms with van der Waals surface area (Å²) in [5.41, 5.74) is 3.82. The number of non-ortho nitro benzene ring substituents is 3. The van der Waals surface area contributed by atoms with Crippen LogP contribution in [-0.4, -0.2) is 14.8 Å². The van der Waals surface area contributed by atoms with Gasteiger partial charge in [0.25, 0.3) is 17.1 Å². The Bertz CT molecular complexity index is 2580. The first-order chi connectivity index (χ1) is 27.6. The van der Waals surface area contributed by atoms with Gasteiger partial charge in [-0.15, -0.1) is 0 Å². The summed E-state index contributed by atoms with van der Waals surface area (Å²) < 4.78 is 56.5. The van der Waals surface area contributed by atoms with Crippen molar-refractivity contribution in [1.82, 2.24) is 0 Å². The van der Waals surface area contributed by atoms with Crippen LogP contribution in [0.15, 0.2) is 127 Å². The lowest BCUT2D eigenvalue weighted by molar-refractivity contribution is -0.385. The van der Waals surface area contributed by atoms with Crippen molar-refractivity contribution in [3.8, 4) is 33.4 Å². The van der Waals surface area contributed by atoms with Gasteiger partial charge in [0.05, 0.1) is 14.8 Å². The average molecular weight is 712 g/mol. The number of nitro groups is 3. The van der Waals surface area contributed by atoms with E-state index in [0.29, 0.717) is 38.9 Å². The van der Waals surface area contributed by atoms with Crippen LogP contribution in [0.5, 0.6) is 0 Å². The van der Waals surface area contributed by atoms with Crippen LogP contribution < -0.4 is 0 Å². The number of nitro benzene ring substituents is 3. The fourth-order valence-corrected chi connectivity index (χ4v) is 5.91. The molecule has 9 nitrogen and oxygen atoms in total. The van der Waals surface area contributed by atoms with E-state index in [2.05, 4.69) is 0 Å². The second-order valence-electron chi connectivity index (χ2n) is 13.1. The molecule has 0 aromatic heterocycles. The number of nitrogens with zero attached hydrogens (tertiary/aromatic N) is 3. The molecule has 9 heteroatoms. The third kappa shape index (κ3) is 9.25.